The summed E-state index contributed by atoms with van der Waals surface area (Å²) in [4.78, 5) is 34.6. The number of nitrogens with one attached hydrogen (secondary N) is 1. The summed E-state index contributed by atoms with van der Waals surface area (Å²) in [5, 5.41) is 12.8. The van der Waals surface area contributed by atoms with Gasteiger partial charge in [-0.3, -0.25) is 14.9 Å². The van der Waals surface area contributed by atoms with Crippen LogP contribution in [0.1, 0.15) is 32.4 Å². The summed E-state index contributed by atoms with van der Waals surface area (Å²) in [5.41, 5.74) is 0.605. The van der Waals surface area contributed by atoms with Crippen molar-refractivity contribution in [3.05, 3.63) is 23.8 Å². The molecule has 2 aliphatic rings. The van der Waals surface area contributed by atoms with Crippen LogP contribution in [0.3, 0.4) is 0 Å². The molecule has 164 valence electrons. The molecule has 2 N–H and O–H groups in total. The highest BCUT2D eigenvalue weighted by Crippen LogP contribution is 2.36. The number of aromatic hydroxyl groups is 1. The predicted molar refractivity (Wildman–Crippen MR) is 111 cm³/mol. The van der Waals surface area contributed by atoms with Crippen molar-refractivity contribution in [2.24, 2.45) is 10.9 Å². The van der Waals surface area contributed by atoms with Gasteiger partial charge < -0.3 is 24.4 Å². The number of rotatable bonds is 6. The van der Waals surface area contributed by atoms with Crippen LogP contribution in [-0.4, -0.2) is 78.7 Å². The topological polar surface area (TPSA) is 104 Å². The molecule has 30 heavy (non-hydrogen) atoms. The van der Waals surface area contributed by atoms with Crippen molar-refractivity contribution >= 4 is 17.8 Å². The van der Waals surface area contributed by atoms with Crippen LogP contribution in [-0.2, 0) is 14.3 Å². The first-order chi connectivity index (χ1) is 14.5. The molecule has 1 fully saturated rings. The van der Waals surface area contributed by atoms with Crippen LogP contribution in [0.4, 0.5) is 0 Å². The molecule has 1 saturated heterocycles. The highest BCUT2D eigenvalue weighted by molar-refractivity contribution is 6.08. The van der Waals surface area contributed by atoms with Crippen LogP contribution >= 0.6 is 0 Å². The minimum atomic E-state index is -1.11. The Bertz CT molecular complexity index is 805. The molecule has 0 saturated carbocycles. The molecule has 2 atom stereocenters. The normalized spacial score (nSPS) is 22.3. The number of guanidine groups is 1. The molecule has 2 aliphatic heterocycles. The van der Waals surface area contributed by atoms with E-state index in [9.17, 15) is 14.7 Å². The Morgan fingerprint density at radius 2 is 1.93 bits per heavy atom. The Morgan fingerprint density at radius 1 is 1.20 bits per heavy atom. The molecule has 1 amide bonds. The zero-order valence-corrected chi connectivity index (χ0v) is 17.8. The molecule has 0 spiro atoms. The molecule has 9 nitrogen and oxygen atoms in total. The number of likely N-dealkylation sites (N-methyl/N-ethyl adjacent to an activating group) is 1. The van der Waals surface area contributed by atoms with Crippen molar-refractivity contribution in [3.8, 4) is 11.5 Å². The van der Waals surface area contributed by atoms with E-state index < -0.39 is 23.8 Å². The van der Waals surface area contributed by atoms with Crippen molar-refractivity contribution in [3.63, 3.8) is 0 Å². The number of esters is 1. The molecule has 0 aromatic heterocycles. The number of aliphatic imine (C=N–C) groups is 1. The molecule has 0 aliphatic carbocycles. The second kappa shape index (κ2) is 9.80. The summed E-state index contributed by atoms with van der Waals surface area (Å²) in [6.07, 6.45) is 0. The lowest BCUT2D eigenvalue weighted by atomic mass is 9.91. The van der Waals surface area contributed by atoms with Gasteiger partial charge in [0.15, 0.2) is 17.4 Å². The quantitative estimate of drug-likeness (QED) is 0.527. The van der Waals surface area contributed by atoms with Gasteiger partial charge in [0.1, 0.15) is 6.04 Å². The first kappa shape index (κ1) is 21.9. The second-order valence-electron chi connectivity index (χ2n) is 7.20. The number of ether oxygens (including phenoxy) is 2. The zero-order chi connectivity index (χ0) is 21.7. The summed E-state index contributed by atoms with van der Waals surface area (Å²) >= 11 is 0. The smallest absolute Gasteiger partial charge is 0.321 e. The van der Waals surface area contributed by atoms with Crippen LogP contribution < -0.4 is 10.1 Å². The van der Waals surface area contributed by atoms with Gasteiger partial charge in [-0.2, -0.15) is 0 Å². The van der Waals surface area contributed by atoms with Crippen LogP contribution in [0.25, 0.3) is 0 Å². The number of amides is 1. The molecule has 2 heterocycles. The molecule has 3 rings (SSSR count). The Balaban J connectivity index is 1.95. The first-order valence-electron chi connectivity index (χ1n) is 10.5. The van der Waals surface area contributed by atoms with E-state index in [0.717, 1.165) is 32.7 Å². The van der Waals surface area contributed by atoms with E-state index in [4.69, 9.17) is 14.5 Å². The van der Waals surface area contributed by atoms with Crippen molar-refractivity contribution in [1.82, 2.24) is 15.1 Å². The molecule has 1 aromatic carbocycles. The maximum absolute atomic E-state index is 12.9. The minimum Gasteiger partial charge on any atom is -0.504 e. The average Bonchev–Trinajstić information content (AvgIpc) is 2.75. The van der Waals surface area contributed by atoms with Gasteiger partial charge in [-0.25, -0.2) is 4.99 Å². The van der Waals surface area contributed by atoms with Gasteiger partial charge in [-0.1, -0.05) is 13.0 Å². The minimum absolute atomic E-state index is 0.00608. The Labute approximate surface area is 176 Å². The van der Waals surface area contributed by atoms with Gasteiger partial charge in [0.05, 0.1) is 13.2 Å². The van der Waals surface area contributed by atoms with Crippen molar-refractivity contribution in [1.29, 1.82) is 0 Å². The largest absolute Gasteiger partial charge is 0.504 e. The number of piperazine rings is 1. The lowest BCUT2D eigenvalue weighted by Crippen LogP contribution is -2.57. The number of phenolic OH excluding ortho intramolecular Hbond substituents is 1. The van der Waals surface area contributed by atoms with E-state index in [2.05, 4.69) is 17.1 Å². The number of nitrogens with zero attached hydrogens (tertiary/aromatic N) is 3. The van der Waals surface area contributed by atoms with Crippen LogP contribution in [0.2, 0.25) is 0 Å². The number of hydrogen-bond acceptors (Lipinski definition) is 8. The predicted octanol–water partition coefficient (Wildman–Crippen LogP) is 1.13. The van der Waals surface area contributed by atoms with E-state index >= 15 is 0 Å². The Morgan fingerprint density at radius 3 is 2.57 bits per heavy atom. The molecule has 0 radical (unpaired) electrons. The summed E-state index contributed by atoms with van der Waals surface area (Å²) in [6.45, 7) is 10.4. The van der Waals surface area contributed by atoms with E-state index in [0.29, 0.717) is 18.1 Å². The second-order valence-corrected chi connectivity index (χ2v) is 7.20. The summed E-state index contributed by atoms with van der Waals surface area (Å²) < 4.78 is 10.6. The third kappa shape index (κ3) is 4.67. The maximum atomic E-state index is 12.9. The lowest BCUT2D eigenvalue weighted by Gasteiger charge is -2.38. The number of phenols is 1. The van der Waals surface area contributed by atoms with Gasteiger partial charge in [0, 0.05) is 26.2 Å². The average molecular weight is 418 g/mol. The van der Waals surface area contributed by atoms with Crippen LogP contribution in [0.5, 0.6) is 11.5 Å². The molecule has 0 bridgehead atoms. The summed E-state index contributed by atoms with van der Waals surface area (Å²) in [5.74, 6) is -1.42. The summed E-state index contributed by atoms with van der Waals surface area (Å²) in [7, 11) is 0. The highest BCUT2D eigenvalue weighted by Gasteiger charge is 2.42. The lowest BCUT2D eigenvalue weighted by molar-refractivity contribution is -0.153. The molecule has 9 heteroatoms. The fraction of sp³-hybridized carbons (Fsp3) is 0.571. The number of hydrogen-bond donors (Lipinski definition) is 2. The standard InChI is InChI=1S/C21H30N4O5/c1-4-24-9-11-25(12-10-24)21-22-18(17(19(27)23-21)20(28)30-6-3)14-7-8-15(26)16(13-14)29-5-2/h7-8,13,17-18,26H,4-6,9-12H2,1-3H3,(H,22,23,27)/t17-,18+/m1/s1. The highest BCUT2D eigenvalue weighted by atomic mass is 16.5. The summed E-state index contributed by atoms with van der Waals surface area (Å²) in [6, 6.07) is 4.01. The van der Waals surface area contributed by atoms with Gasteiger partial charge in [0.2, 0.25) is 11.9 Å². The van der Waals surface area contributed by atoms with Gasteiger partial charge in [-0.05, 0) is 38.1 Å². The van der Waals surface area contributed by atoms with E-state index in [1.807, 2.05) is 11.8 Å². The monoisotopic (exact) mass is 418 g/mol. The number of carbonyl (C=O) groups excluding carboxylic acids is 2. The maximum Gasteiger partial charge on any atom is 0.321 e. The first-order valence-corrected chi connectivity index (χ1v) is 10.5. The Kier molecular flexibility index (Phi) is 7.15. The molecule has 1 aromatic rings. The number of carbonyl (C=O) groups is 2. The molecule has 0 unspecified atom stereocenters. The molecular formula is C21H30N4O5. The third-order valence-electron chi connectivity index (χ3n) is 5.38. The van der Waals surface area contributed by atoms with Crippen molar-refractivity contribution in [2.75, 3.05) is 45.9 Å². The van der Waals surface area contributed by atoms with E-state index in [1.54, 1.807) is 19.1 Å². The molecular weight excluding hydrogens is 388 g/mol. The van der Waals surface area contributed by atoms with Gasteiger partial charge in [0.25, 0.3) is 0 Å². The van der Waals surface area contributed by atoms with Crippen molar-refractivity contribution in [2.45, 2.75) is 26.8 Å². The van der Waals surface area contributed by atoms with Gasteiger partial charge >= 0.3 is 5.97 Å². The number of benzene rings is 1. The van der Waals surface area contributed by atoms with Crippen LogP contribution in [0.15, 0.2) is 23.2 Å². The zero-order valence-electron chi connectivity index (χ0n) is 17.8. The fourth-order valence-electron chi connectivity index (χ4n) is 3.73. The Hall–Kier alpha value is -2.81. The van der Waals surface area contributed by atoms with E-state index in [1.165, 1.54) is 6.07 Å². The van der Waals surface area contributed by atoms with E-state index in [-0.39, 0.29) is 18.1 Å². The van der Waals surface area contributed by atoms with Gasteiger partial charge in [-0.15, -0.1) is 0 Å². The fourth-order valence-corrected chi connectivity index (χ4v) is 3.73. The third-order valence-corrected chi connectivity index (χ3v) is 5.38. The van der Waals surface area contributed by atoms with Crippen LogP contribution in [0, 0.1) is 5.92 Å². The van der Waals surface area contributed by atoms with Crippen molar-refractivity contribution < 1.29 is 24.2 Å². The SMILES string of the molecule is CCOC(=O)[C@H]1C(=O)NC(N2CCN(CC)CC2)=N[C@H]1c1ccc(O)c(OCC)c1.